The van der Waals surface area contributed by atoms with Crippen LogP contribution in [0.25, 0.3) is 0 Å². The number of carbonyl (C=O) groups excluding carboxylic acids is 1. The molecule has 7 nitrogen and oxygen atoms in total. The molecule has 0 aromatic heterocycles. The minimum Gasteiger partial charge on any atom is -0.497 e. The molecule has 0 bridgehead atoms. The first-order valence-corrected chi connectivity index (χ1v) is 11.2. The van der Waals surface area contributed by atoms with Gasteiger partial charge in [0.25, 0.3) is 5.91 Å². The third-order valence-electron chi connectivity index (χ3n) is 6.50. The van der Waals surface area contributed by atoms with Crippen molar-refractivity contribution in [3.8, 4) is 5.75 Å². The molecule has 184 valence electrons. The van der Waals surface area contributed by atoms with Crippen molar-refractivity contribution in [3.63, 3.8) is 0 Å². The molecule has 0 aliphatic carbocycles. The SMILES string of the molecule is COc1cccc(CN2CCC3(CCC(C(=O)N4CCCC4)O3)CC2)c1.O=C(O)C(F)(F)F. The molecular formula is C23H31F3N2O5. The molecule has 0 saturated carbocycles. The van der Waals surface area contributed by atoms with Gasteiger partial charge in [0.1, 0.15) is 11.9 Å². The van der Waals surface area contributed by atoms with Gasteiger partial charge < -0.3 is 19.5 Å². The van der Waals surface area contributed by atoms with Crippen molar-refractivity contribution in [1.29, 1.82) is 0 Å². The highest BCUT2D eigenvalue weighted by Gasteiger charge is 2.45. The Kier molecular flexibility index (Phi) is 8.23. The van der Waals surface area contributed by atoms with Gasteiger partial charge in [-0.25, -0.2) is 4.79 Å². The number of carbonyl (C=O) groups is 2. The number of ether oxygens (including phenoxy) is 2. The molecule has 33 heavy (non-hydrogen) atoms. The largest absolute Gasteiger partial charge is 0.497 e. The van der Waals surface area contributed by atoms with Gasteiger partial charge in [-0.2, -0.15) is 13.2 Å². The van der Waals surface area contributed by atoms with E-state index in [0.29, 0.717) is 0 Å². The van der Waals surface area contributed by atoms with Crippen LogP contribution in [0.5, 0.6) is 5.75 Å². The average molecular weight is 473 g/mol. The van der Waals surface area contributed by atoms with Gasteiger partial charge in [-0.3, -0.25) is 9.69 Å². The first kappa shape index (κ1) is 25.3. The molecule has 1 N–H and O–H groups in total. The fourth-order valence-electron chi connectivity index (χ4n) is 4.64. The van der Waals surface area contributed by atoms with Gasteiger partial charge in [-0.05, 0) is 56.2 Å². The Hall–Kier alpha value is -2.33. The predicted octanol–water partition coefficient (Wildman–Crippen LogP) is 3.46. The minimum atomic E-state index is -5.08. The van der Waals surface area contributed by atoms with E-state index >= 15 is 0 Å². The summed E-state index contributed by atoms with van der Waals surface area (Å²) in [7, 11) is 1.71. The van der Waals surface area contributed by atoms with Crippen LogP contribution in [-0.4, -0.2) is 78.0 Å². The van der Waals surface area contributed by atoms with Crippen molar-refractivity contribution in [1.82, 2.24) is 9.80 Å². The van der Waals surface area contributed by atoms with Gasteiger partial charge in [0.05, 0.1) is 12.7 Å². The van der Waals surface area contributed by atoms with Gasteiger partial charge in [-0.1, -0.05) is 12.1 Å². The third-order valence-corrected chi connectivity index (χ3v) is 6.50. The minimum absolute atomic E-state index is 0.0646. The molecule has 3 aliphatic heterocycles. The van der Waals surface area contributed by atoms with Crippen LogP contribution < -0.4 is 4.74 Å². The van der Waals surface area contributed by atoms with Gasteiger partial charge in [-0.15, -0.1) is 0 Å². The van der Waals surface area contributed by atoms with Gasteiger partial charge in [0.15, 0.2) is 0 Å². The number of piperidine rings is 1. The number of amides is 1. The summed E-state index contributed by atoms with van der Waals surface area (Å²) in [6.07, 6.45) is 0.987. The zero-order valence-corrected chi connectivity index (χ0v) is 18.8. The number of likely N-dealkylation sites (tertiary alicyclic amines) is 2. The number of aliphatic carboxylic acids is 1. The van der Waals surface area contributed by atoms with E-state index in [4.69, 9.17) is 19.4 Å². The summed E-state index contributed by atoms with van der Waals surface area (Å²) in [5, 5.41) is 7.12. The summed E-state index contributed by atoms with van der Waals surface area (Å²) in [4.78, 5) is 26.0. The van der Waals surface area contributed by atoms with E-state index < -0.39 is 12.1 Å². The molecule has 0 radical (unpaired) electrons. The molecule has 1 spiro atoms. The van der Waals surface area contributed by atoms with E-state index in [1.165, 1.54) is 5.56 Å². The van der Waals surface area contributed by atoms with Crippen molar-refractivity contribution in [3.05, 3.63) is 29.8 Å². The average Bonchev–Trinajstić information content (AvgIpc) is 3.46. The van der Waals surface area contributed by atoms with Crippen molar-refractivity contribution in [2.24, 2.45) is 0 Å². The lowest BCUT2D eigenvalue weighted by Crippen LogP contribution is -2.45. The molecule has 1 aromatic carbocycles. The molecule has 1 unspecified atom stereocenters. The number of nitrogens with zero attached hydrogens (tertiary/aromatic N) is 2. The van der Waals surface area contributed by atoms with E-state index in [-0.39, 0.29) is 17.6 Å². The van der Waals surface area contributed by atoms with Crippen LogP contribution in [-0.2, 0) is 20.9 Å². The van der Waals surface area contributed by atoms with E-state index in [1.807, 2.05) is 17.0 Å². The standard InChI is InChI=1S/C21H30N2O3.C2HF3O2/c1-25-18-6-4-5-17(15-18)16-22-13-9-21(10-14-22)8-7-19(26-21)20(24)23-11-2-3-12-23;3-2(4,5)1(6)7/h4-6,15,19H,2-3,7-14,16H2,1H3;(H,6,7). The lowest BCUT2D eigenvalue weighted by Gasteiger charge is -2.39. The molecule has 1 amide bonds. The van der Waals surface area contributed by atoms with E-state index in [2.05, 4.69) is 17.0 Å². The highest BCUT2D eigenvalue weighted by molar-refractivity contribution is 5.81. The molecule has 3 fully saturated rings. The number of rotatable bonds is 4. The Bertz CT molecular complexity index is 819. The van der Waals surface area contributed by atoms with Crippen LogP contribution in [0.4, 0.5) is 13.2 Å². The normalized spacial score (nSPS) is 22.7. The van der Waals surface area contributed by atoms with E-state index in [0.717, 1.165) is 77.0 Å². The highest BCUT2D eigenvalue weighted by atomic mass is 19.4. The third kappa shape index (κ3) is 6.83. The predicted molar refractivity (Wildman–Crippen MR) is 114 cm³/mol. The molecule has 3 aliphatic rings. The van der Waals surface area contributed by atoms with Crippen LogP contribution in [0.1, 0.15) is 44.1 Å². The van der Waals surface area contributed by atoms with Gasteiger partial charge in [0, 0.05) is 32.7 Å². The summed E-state index contributed by atoms with van der Waals surface area (Å²) in [5.74, 6) is -1.61. The van der Waals surface area contributed by atoms with Crippen molar-refractivity contribution >= 4 is 11.9 Å². The zero-order chi connectivity index (χ0) is 24.1. The van der Waals surface area contributed by atoms with Gasteiger partial charge >= 0.3 is 12.1 Å². The summed E-state index contributed by atoms with van der Waals surface area (Å²) < 4.78 is 43.4. The topological polar surface area (TPSA) is 79.3 Å². The number of carboxylic acids is 1. The van der Waals surface area contributed by atoms with Crippen LogP contribution in [0, 0.1) is 0 Å². The number of alkyl halides is 3. The van der Waals surface area contributed by atoms with E-state index in [1.54, 1.807) is 7.11 Å². The monoisotopic (exact) mass is 472 g/mol. The maximum Gasteiger partial charge on any atom is 0.490 e. The van der Waals surface area contributed by atoms with Crippen LogP contribution >= 0.6 is 0 Å². The lowest BCUT2D eigenvalue weighted by atomic mass is 9.88. The Morgan fingerprint density at radius 1 is 1.15 bits per heavy atom. The lowest BCUT2D eigenvalue weighted by molar-refractivity contribution is -0.192. The Morgan fingerprint density at radius 2 is 1.79 bits per heavy atom. The number of hydrogen-bond donors (Lipinski definition) is 1. The number of methoxy groups -OCH3 is 1. The maximum absolute atomic E-state index is 12.6. The molecule has 1 aromatic rings. The van der Waals surface area contributed by atoms with Crippen LogP contribution in [0.15, 0.2) is 24.3 Å². The number of carboxylic acid groups (broad SMARTS) is 1. The molecule has 4 rings (SSSR count). The molecule has 3 saturated heterocycles. The Balaban J connectivity index is 0.000000383. The second-order valence-corrected chi connectivity index (χ2v) is 8.79. The Labute approximate surface area is 191 Å². The summed E-state index contributed by atoms with van der Waals surface area (Å²) >= 11 is 0. The molecule has 10 heteroatoms. The quantitative estimate of drug-likeness (QED) is 0.723. The summed E-state index contributed by atoms with van der Waals surface area (Å²) in [6, 6.07) is 8.30. The second kappa shape index (κ2) is 10.7. The smallest absolute Gasteiger partial charge is 0.490 e. The van der Waals surface area contributed by atoms with Crippen molar-refractivity contribution in [2.45, 2.75) is 63.0 Å². The summed E-state index contributed by atoms with van der Waals surface area (Å²) in [5.41, 5.74) is 1.22. The zero-order valence-electron chi connectivity index (χ0n) is 18.8. The van der Waals surface area contributed by atoms with Gasteiger partial charge in [0.2, 0.25) is 0 Å². The Morgan fingerprint density at radius 3 is 2.36 bits per heavy atom. The van der Waals surface area contributed by atoms with Crippen molar-refractivity contribution in [2.75, 3.05) is 33.3 Å². The molecule has 1 atom stereocenters. The first-order valence-electron chi connectivity index (χ1n) is 11.2. The fourth-order valence-corrected chi connectivity index (χ4v) is 4.64. The van der Waals surface area contributed by atoms with Crippen LogP contribution in [0.2, 0.25) is 0 Å². The summed E-state index contributed by atoms with van der Waals surface area (Å²) in [6.45, 7) is 4.84. The number of halogens is 3. The van der Waals surface area contributed by atoms with Crippen molar-refractivity contribution < 1.29 is 37.3 Å². The highest BCUT2D eigenvalue weighted by Crippen LogP contribution is 2.40. The molecular weight excluding hydrogens is 441 g/mol. The van der Waals surface area contributed by atoms with Crippen LogP contribution in [0.3, 0.4) is 0 Å². The molecule has 3 heterocycles. The maximum atomic E-state index is 12.6. The fraction of sp³-hybridized carbons (Fsp3) is 0.652. The number of benzene rings is 1. The van der Waals surface area contributed by atoms with E-state index in [9.17, 15) is 18.0 Å². The first-order chi connectivity index (χ1) is 15.6. The second-order valence-electron chi connectivity index (χ2n) is 8.79. The number of hydrogen-bond acceptors (Lipinski definition) is 5.